The summed E-state index contributed by atoms with van der Waals surface area (Å²) < 4.78 is 5.07. The van der Waals surface area contributed by atoms with Crippen LogP contribution in [0.25, 0.3) is 0 Å². The van der Waals surface area contributed by atoms with Crippen LogP contribution in [0.15, 0.2) is 33.3 Å². The first-order valence-electron chi connectivity index (χ1n) is 7.36. The number of urea groups is 2. The molecule has 0 aliphatic carbocycles. The van der Waals surface area contributed by atoms with E-state index in [4.69, 9.17) is 10.2 Å². The van der Waals surface area contributed by atoms with Gasteiger partial charge in [-0.3, -0.25) is 0 Å². The van der Waals surface area contributed by atoms with Crippen LogP contribution in [0.3, 0.4) is 0 Å². The summed E-state index contributed by atoms with van der Waals surface area (Å²) in [4.78, 5) is 40.7. The molecular formula is C14H14N6O5S. The fraction of sp³-hybridized carbons (Fsp3) is 0.214. The van der Waals surface area contributed by atoms with Crippen LogP contribution in [0.2, 0.25) is 0 Å². The minimum absolute atomic E-state index is 0.0612. The standard InChI is InChI=1S/C14H14N6O5S/c15-12-17-9(7-26-12)10(11(21)22)18-13(23)19-3-4-20(14(19)24)16-6-8-2-1-5-25-8/h1-2,5-7,10H,3-4H2,(H2,15,17)(H,18,23)(H,21,22)/b16-6+/t10-/m1/s1. The Labute approximate surface area is 150 Å². The van der Waals surface area contributed by atoms with E-state index in [2.05, 4.69) is 15.4 Å². The van der Waals surface area contributed by atoms with Crippen LogP contribution >= 0.6 is 11.3 Å². The molecule has 0 radical (unpaired) electrons. The van der Waals surface area contributed by atoms with Crippen molar-refractivity contribution in [3.63, 3.8) is 0 Å². The van der Waals surface area contributed by atoms with Gasteiger partial charge in [0.05, 0.1) is 31.3 Å². The van der Waals surface area contributed by atoms with Crippen LogP contribution in [-0.4, -0.2) is 57.3 Å². The Morgan fingerprint density at radius 3 is 2.92 bits per heavy atom. The number of nitrogens with two attached hydrogens (primary N) is 1. The van der Waals surface area contributed by atoms with Gasteiger partial charge >= 0.3 is 18.0 Å². The molecule has 3 heterocycles. The number of carboxylic acid groups (broad SMARTS) is 1. The van der Waals surface area contributed by atoms with E-state index in [1.165, 1.54) is 17.9 Å². The van der Waals surface area contributed by atoms with Crippen LogP contribution in [0, 0.1) is 0 Å². The molecule has 1 aliphatic rings. The maximum absolute atomic E-state index is 12.3. The summed E-state index contributed by atoms with van der Waals surface area (Å²) in [6.45, 7) is 0.233. The third-order valence-electron chi connectivity index (χ3n) is 3.45. The van der Waals surface area contributed by atoms with Crippen molar-refractivity contribution < 1.29 is 23.9 Å². The number of carboxylic acids is 1. The summed E-state index contributed by atoms with van der Waals surface area (Å²) >= 11 is 1.05. The molecular weight excluding hydrogens is 364 g/mol. The first-order valence-corrected chi connectivity index (χ1v) is 8.24. The fourth-order valence-electron chi connectivity index (χ4n) is 2.21. The fourth-order valence-corrected chi connectivity index (χ4v) is 2.80. The third kappa shape index (κ3) is 3.64. The van der Waals surface area contributed by atoms with Crippen molar-refractivity contribution in [3.05, 3.63) is 35.2 Å². The summed E-state index contributed by atoms with van der Waals surface area (Å²) in [6.07, 6.45) is 2.81. The van der Waals surface area contributed by atoms with Crippen molar-refractivity contribution in [1.82, 2.24) is 20.2 Å². The number of hydrogen-bond donors (Lipinski definition) is 3. The Balaban J connectivity index is 1.66. The highest BCUT2D eigenvalue weighted by molar-refractivity contribution is 7.13. The van der Waals surface area contributed by atoms with E-state index in [1.54, 1.807) is 12.1 Å². The summed E-state index contributed by atoms with van der Waals surface area (Å²) in [7, 11) is 0. The summed E-state index contributed by atoms with van der Waals surface area (Å²) in [5.74, 6) is -0.865. The highest BCUT2D eigenvalue weighted by Crippen LogP contribution is 2.19. The number of furan rings is 1. The highest BCUT2D eigenvalue weighted by Gasteiger charge is 2.36. The maximum Gasteiger partial charge on any atom is 0.348 e. The number of aliphatic carboxylic acids is 1. The number of amides is 4. The van der Waals surface area contributed by atoms with Gasteiger partial charge in [0, 0.05) is 5.38 Å². The monoisotopic (exact) mass is 378 g/mol. The van der Waals surface area contributed by atoms with Crippen LogP contribution < -0.4 is 11.1 Å². The molecule has 0 spiro atoms. The van der Waals surface area contributed by atoms with Gasteiger partial charge in [0.15, 0.2) is 11.2 Å². The number of hydrazone groups is 1. The SMILES string of the molecule is Nc1nc([C@@H](NC(=O)N2CCN(/N=C/c3ccco3)C2=O)C(=O)O)cs1. The van der Waals surface area contributed by atoms with Gasteiger partial charge in [0.1, 0.15) is 5.76 Å². The molecule has 2 aromatic rings. The molecule has 0 unspecified atom stereocenters. The Morgan fingerprint density at radius 1 is 1.50 bits per heavy atom. The van der Waals surface area contributed by atoms with Crippen LogP contribution in [0.4, 0.5) is 14.7 Å². The van der Waals surface area contributed by atoms with Gasteiger partial charge < -0.3 is 20.6 Å². The minimum atomic E-state index is -1.41. The number of thiazole rings is 1. The Morgan fingerprint density at radius 2 is 2.31 bits per heavy atom. The molecule has 1 aliphatic heterocycles. The normalized spacial score (nSPS) is 15.6. The van der Waals surface area contributed by atoms with E-state index < -0.39 is 24.1 Å². The van der Waals surface area contributed by atoms with Crippen molar-refractivity contribution in [2.75, 3.05) is 18.8 Å². The highest BCUT2D eigenvalue weighted by atomic mass is 32.1. The second kappa shape index (κ2) is 7.23. The molecule has 12 heteroatoms. The number of nitrogens with zero attached hydrogens (tertiary/aromatic N) is 4. The van der Waals surface area contributed by atoms with Crippen LogP contribution in [0.5, 0.6) is 0 Å². The molecule has 4 amide bonds. The largest absolute Gasteiger partial charge is 0.479 e. The number of carbonyl (C=O) groups is 3. The first kappa shape index (κ1) is 17.4. The lowest BCUT2D eigenvalue weighted by molar-refractivity contribution is -0.139. The number of rotatable bonds is 5. The molecule has 2 aromatic heterocycles. The molecule has 1 atom stereocenters. The minimum Gasteiger partial charge on any atom is -0.479 e. The lowest BCUT2D eigenvalue weighted by Gasteiger charge is -2.18. The number of nitrogen functional groups attached to an aromatic ring is 1. The van der Waals surface area contributed by atoms with E-state index in [-0.39, 0.29) is 23.9 Å². The second-order valence-electron chi connectivity index (χ2n) is 5.15. The second-order valence-corrected chi connectivity index (χ2v) is 6.04. The maximum atomic E-state index is 12.3. The Kier molecular flexibility index (Phi) is 4.84. The molecule has 1 saturated heterocycles. The molecule has 0 saturated carbocycles. The zero-order chi connectivity index (χ0) is 18.7. The smallest absolute Gasteiger partial charge is 0.348 e. The molecule has 0 bridgehead atoms. The zero-order valence-electron chi connectivity index (χ0n) is 13.2. The Bertz CT molecular complexity index is 848. The molecule has 4 N–H and O–H groups in total. The van der Waals surface area contributed by atoms with Gasteiger partial charge in [0.2, 0.25) is 0 Å². The zero-order valence-corrected chi connectivity index (χ0v) is 14.0. The molecule has 1 fully saturated rings. The van der Waals surface area contributed by atoms with Crippen molar-refractivity contribution >= 4 is 40.7 Å². The molecule has 136 valence electrons. The van der Waals surface area contributed by atoms with E-state index >= 15 is 0 Å². The number of anilines is 1. The van der Waals surface area contributed by atoms with Crippen molar-refractivity contribution in [1.29, 1.82) is 0 Å². The number of imide groups is 1. The predicted octanol–water partition coefficient (Wildman–Crippen LogP) is 0.925. The quantitative estimate of drug-likeness (QED) is 0.654. The third-order valence-corrected chi connectivity index (χ3v) is 4.14. The molecule has 26 heavy (non-hydrogen) atoms. The van der Waals surface area contributed by atoms with Crippen molar-refractivity contribution in [2.45, 2.75) is 6.04 Å². The van der Waals surface area contributed by atoms with Gasteiger partial charge in [-0.05, 0) is 12.1 Å². The van der Waals surface area contributed by atoms with E-state index in [0.717, 1.165) is 21.2 Å². The van der Waals surface area contributed by atoms with Crippen LogP contribution in [0.1, 0.15) is 17.5 Å². The molecule has 3 rings (SSSR count). The summed E-state index contributed by atoms with van der Waals surface area (Å²) in [5.41, 5.74) is 5.58. The summed E-state index contributed by atoms with van der Waals surface area (Å²) in [5, 5.41) is 18.2. The lowest BCUT2D eigenvalue weighted by atomic mass is 10.2. The predicted molar refractivity (Wildman–Crippen MR) is 90.5 cm³/mol. The number of carbonyl (C=O) groups excluding carboxylic acids is 2. The van der Waals surface area contributed by atoms with Crippen molar-refractivity contribution in [3.8, 4) is 0 Å². The van der Waals surface area contributed by atoms with Crippen molar-refractivity contribution in [2.24, 2.45) is 5.10 Å². The Hall–Kier alpha value is -3.41. The average Bonchev–Trinajstić information content (AvgIpc) is 3.32. The lowest BCUT2D eigenvalue weighted by Crippen LogP contribution is -2.45. The number of nitrogens with one attached hydrogen (secondary N) is 1. The van der Waals surface area contributed by atoms with Gasteiger partial charge in [-0.1, -0.05) is 0 Å². The van der Waals surface area contributed by atoms with E-state index in [9.17, 15) is 19.5 Å². The van der Waals surface area contributed by atoms with Gasteiger partial charge in [-0.2, -0.15) is 5.10 Å². The number of hydrogen-bond acceptors (Lipinski definition) is 8. The first-order chi connectivity index (χ1) is 12.5. The topological polar surface area (TPSA) is 154 Å². The van der Waals surface area contributed by atoms with Gasteiger partial charge in [0.25, 0.3) is 0 Å². The van der Waals surface area contributed by atoms with E-state index in [1.807, 2.05) is 0 Å². The van der Waals surface area contributed by atoms with Gasteiger partial charge in [-0.15, -0.1) is 11.3 Å². The molecule has 0 aromatic carbocycles. The summed E-state index contributed by atoms with van der Waals surface area (Å²) in [6, 6.07) is 0.386. The number of aromatic nitrogens is 1. The van der Waals surface area contributed by atoms with Crippen LogP contribution in [-0.2, 0) is 4.79 Å². The van der Waals surface area contributed by atoms with E-state index in [0.29, 0.717) is 5.76 Å². The average molecular weight is 378 g/mol. The van der Waals surface area contributed by atoms with Gasteiger partial charge in [-0.25, -0.2) is 29.3 Å². The molecule has 11 nitrogen and oxygen atoms in total.